The molecule has 0 N–H and O–H groups in total. The minimum Gasteiger partial charge on any atom is -0.332 e. The molecule has 0 radical (unpaired) electrons. The second-order valence-electron chi connectivity index (χ2n) is 3.15. The van der Waals surface area contributed by atoms with Crippen LogP contribution in [-0.2, 0) is 19.3 Å². The first-order valence-electron chi connectivity index (χ1n) is 4.66. The zero-order valence-corrected chi connectivity index (χ0v) is 9.32. The number of hydrogen-bond donors (Lipinski definition) is 0. The van der Waals surface area contributed by atoms with Gasteiger partial charge >= 0.3 is 0 Å². The predicted molar refractivity (Wildman–Crippen MR) is 55.4 cm³/mol. The maximum atomic E-state index is 5.59. The first-order valence-corrected chi connectivity index (χ1v) is 5.20. The number of alkyl halides is 1. The van der Waals surface area contributed by atoms with E-state index in [4.69, 9.17) is 16.1 Å². The van der Waals surface area contributed by atoms with Crippen LogP contribution in [0, 0.1) is 0 Å². The maximum absolute atomic E-state index is 5.59. The smallest absolute Gasteiger partial charge is 0.276 e. The fourth-order valence-corrected chi connectivity index (χ4v) is 1.42. The lowest BCUT2D eigenvalue weighted by Crippen LogP contribution is -1.94. The van der Waals surface area contributed by atoms with E-state index in [9.17, 15) is 0 Å². The van der Waals surface area contributed by atoms with Gasteiger partial charge in [0.1, 0.15) is 5.69 Å². The molecule has 2 aromatic rings. The van der Waals surface area contributed by atoms with Crippen molar-refractivity contribution in [3.8, 4) is 11.6 Å². The van der Waals surface area contributed by atoms with Crippen molar-refractivity contribution in [3.05, 3.63) is 17.6 Å². The lowest BCUT2D eigenvalue weighted by molar-refractivity contribution is 0.421. The monoisotopic (exact) mass is 226 g/mol. The zero-order chi connectivity index (χ0) is 10.8. The van der Waals surface area contributed by atoms with Gasteiger partial charge in [0, 0.05) is 7.05 Å². The Bertz CT molecular complexity index is 462. The molecule has 2 aromatic heterocycles. The van der Waals surface area contributed by atoms with Crippen molar-refractivity contribution >= 4 is 11.6 Å². The first kappa shape index (κ1) is 10.2. The topological polar surface area (TPSA) is 56.7 Å². The molecule has 5 nitrogen and oxygen atoms in total. The van der Waals surface area contributed by atoms with E-state index in [0.717, 1.165) is 17.8 Å². The van der Waals surface area contributed by atoms with Gasteiger partial charge in [0.25, 0.3) is 5.89 Å². The number of aromatic nitrogens is 4. The van der Waals surface area contributed by atoms with Crippen LogP contribution in [0.4, 0.5) is 0 Å². The predicted octanol–water partition coefficient (Wildman–Crippen LogP) is 1.77. The van der Waals surface area contributed by atoms with E-state index in [0.29, 0.717) is 11.7 Å². The summed E-state index contributed by atoms with van der Waals surface area (Å²) < 4.78 is 6.80. The minimum atomic E-state index is 0.252. The number of hydrogen-bond acceptors (Lipinski definition) is 4. The molecule has 2 heterocycles. The summed E-state index contributed by atoms with van der Waals surface area (Å²) in [4.78, 5) is 4.14. The molecule has 0 saturated heterocycles. The molecule has 15 heavy (non-hydrogen) atoms. The molecule has 0 saturated carbocycles. The van der Waals surface area contributed by atoms with Gasteiger partial charge in [-0.2, -0.15) is 10.1 Å². The summed E-state index contributed by atoms with van der Waals surface area (Å²) in [6.45, 7) is 2.05. The third-order valence-corrected chi connectivity index (χ3v) is 2.34. The molecule has 80 valence electrons. The highest BCUT2D eigenvalue weighted by Crippen LogP contribution is 2.18. The van der Waals surface area contributed by atoms with E-state index in [1.165, 1.54) is 0 Å². The van der Waals surface area contributed by atoms with Gasteiger partial charge in [-0.3, -0.25) is 4.68 Å². The SMILES string of the molecule is CCc1cc(-c2nc(CCl)no2)n(C)n1. The molecule has 6 heteroatoms. The van der Waals surface area contributed by atoms with E-state index < -0.39 is 0 Å². The molecule has 0 fully saturated rings. The molecular weight excluding hydrogens is 216 g/mol. The normalized spacial score (nSPS) is 10.9. The molecule has 0 aromatic carbocycles. The first-order chi connectivity index (χ1) is 7.24. The Balaban J connectivity index is 2.39. The summed E-state index contributed by atoms with van der Waals surface area (Å²) in [5.74, 6) is 1.20. The van der Waals surface area contributed by atoms with Crippen molar-refractivity contribution < 1.29 is 4.52 Å². The van der Waals surface area contributed by atoms with Gasteiger partial charge in [-0.15, -0.1) is 11.6 Å². The fraction of sp³-hybridized carbons (Fsp3) is 0.444. The quantitative estimate of drug-likeness (QED) is 0.749. The molecule has 0 aliphatic heterocycles. The average molecular weight is 227 g/mol. The van der Waals surface area contributed by atoms with Crippen LogP contribution >= 0.6 is 11.6 Å². The second kappa shape index (κ2) is 4.02. The van der Waals surface area contributed by atoms with Gasteiger partial charge in [0.15, 0.2) is 5.82 Å². The highest BCUT2D eigenvalue weighted by Gasteiger charge is 2.13. The summed E-state index contributed by atoms with van der Waals surface area (Å²) in [5.41, 5.74) is 1.81. The summed E-state index contributed by atoms with van der Waals surface area (Å²) >= 11 is 5.59. The van der Waals surface area contributed by atoms with Crippen molar-refractivity contribution in [1.29, 1.82) is 0 Å². The maximum Gasteiger partial charge on any atom is 0.276 e. The van der Waals surface area contributed by atoms with Gasteiger partial charge in [0.2, 0.25) is 0 Å². The largest absolute Gasteiger partial charge is 0.332 e. The molecule has 0 unspecified atom stereocenters. The number of nitrogens with zero attached hydrogens (tertiary/aromatic N) is 4. The lowest BCUT2D eigenvalue weighted by atomic mass is 10.3. The van der Waals surface area contributed by atoms with E-state index in [1.807, 2.05) is 20.0 Å². The van der Waals surface area contributed by atoms with Gasteiger partial charge in [-0.1, -0.05) is 12.1 Å². The third kappa shape index (κ3) is 1.87. The average Bonchev–Trinajstić information content (AvgIpc) is 2.83. The van der Waals surface area contributed by atoms with Crippen molar-refractivity contribution in [2.45, 2.75) is 19.2 Å². The van der Waals surface area contributed by atoms with Crippen LogP contribution in [0.3, 0.4) is 0 Å². The van der Waals surface area contributed by atoms with Crippen molar-refractivity contribution in [1.82, 2.24) is 19.9 Å². The second-order valence-corrected chi connectivity index (χ2v) is 3.41. The van der Waals surface area contributed by atoms with E-state index in [2.05, 4.69) is 15.2 Å². The van der Waals surface area contributed by atoms with Crippen LogP contribution in [0.15, 0.2) is 10.6 Å². The molecule has 0 amide bonds. The van der Waals surface area contributed by atoms with Gasteiger partial charge < -0.3 is 4.52 Å². The van der Waals surface area contributed by atoms with Gasteiger partial charge in [0.05, 0.1) is 11.6 Å². The highest BCUT2D eigenvalue weighted by atomic mass is 35.5. The van der Waals surface area contributed by atoms with Crippen LogP contribution in [-0.4, -0.2) is 19.9 Å². The Morgan fingerprint density at radius 1 is 1.53 bits per heavy atom. The molecular formula is C9H11ClN4O. The van der Waals surface area contributed by atoms with E-state index in [-0.39, 0.29) is 5.88 Å². The van der Waals surface area contributed by atoms with E-state index >= 15 is 0 Å². The molecule has 2 rings (SSSR count). The molecule has 0 aliphatic rings. The summed E-state index contributed by atoms with van der Waals surface area (Å²) in [5, 5.41) is 8.02. The fourth-order valence-electron chi connectivity index (χ4n) is 1.31. The summed E-state index contributed by atoms with van der Waals surface area (Å²) in [7, 11) is 1.85. The molecule has 0 aliphatic carbocycles. The van der Waals surface area contributed by atoms with Crippen molar-refractivity contribution in [2.24, 2.45) is 7.05 Å². The Labute approximate surface area is 92.0 Å². The minimum absolute atomic E-state index is 0.252. The summed E-state index contributed by atoms with van der Waals surface area (Å²) in [6, 6.07) is 1.94. The van der Waals surface area contributed by atoms with Crippen LogP contribution < -0.4 is 0 Å². The van der Waals surface area contributed by atoms with Gasteiger partial charge in [-0.05, 0) is 12.5 Å². The molecule has 0 spiro atoms. The lowest BCUT2D eigenvalue weighted by Gasteiger charge is -1.92. The number of rotatable bonds is 3. The van der Waals surface area contributed by atoms with Crippen molar-refractivity contribution in [2.75, 3.05) is 0 Å². The molecule has 0 atom stereocenters. The zero-order valence-electron chi connectivity index (χ0n) is 8.57. The van der Waals surface area contributed by atoms with Crippen LogP contribution in [0.1, 0.15) is 18.4 Å². The standard InChI is InChI=1S/C9H11ClN4O/c1-3-6-4-7(14(2)12-6)9-11-8(5-10)13-15-9/h4H,3,5H2,1-2H3. The van der Waals surface area contributed by atoms with Crippen LogP contribution in [0.5, 0.6) is 0 Å². The number of halogens is 1. The van der Waals surface area contributed by atoms with Crippen LogP contribution in [0.25, 0.3) is 11.6 Å². The Morgan fingerprint density at radius 3 is 2.87 bits per heavy atom. The Kier molecular flexibility index (Phi) is 2.73. The Morgan fingerprint density at radius 2 is 2.33 bits per heavy atom. The van der Waals surface area contributed by atoms with Crippen LogP contribution in [0.2, 0.25) is 0 Å². The molecule has 0 bridgehead atoms. The van der Waals surface area contributed by atoms with E-state index in [1.54, 1.807) is 4.68 Å². The highest BCUT2D eigenvalue weighted by molar-refractivity contribution is 6.16. The Hall–Kier alpha value is -1.36. The number of aryl methyl sites for hydroxylation is 2. The summed E-state index contributed by atoms with van der Waals surface area (Å²) in [6.07, 6.45) is 0.879. The third-order valence-electron chi connectivity index (χ3n) is 2.10. The van der Waals surface area contributed by atoms with Crippen molar-refractivity contribution in [3.63, 3.8) is 0 Å². The van der Waals surface area contributed by atoms with Gasteiger partial charge in [-0.25, -0.2) is 0 Å².